The van der Waals surface area contributed by atoms with Crippen LogP contribution in [-0.4, -0.2) is 31.3 Å². The number of nitro benzene ring substituents is 1. The van der Waals surface area contributed by atoms with E-state index in [9.17, 15) is 14.9 Å². The van der Waals surface area contributed by atoms with Crippen LogP contribution in [0, 0.1) is 10.1 Å². The highest BCUT2D eigenvalue weighted by Gasteiger charge is 2.17. The van der Waals surface area contributed by atoms with Gasteiger partial charge in [-0.15, -0.1) is 16.8 Å². The largest absolute Gasteiger partial charge is 0.467 e. The number of hydrogen-bond donors (Lipinski definition) is 1. The molecule has 1 amide bonds. The van der Waals surface area contributed by atoms with Crippen LogP contribution in [0.3, 0.4) is 0 Å². The molecule has 28 heavy (non-hydrogen) atoms. The highest BCUT2D eigenvalue weighted by atomic mass is 32.2. The molecular weight excluding hydrogens is 382 g/mol. The van der Waals surface area contributed by atoms with Crippen molar-refractivity contribution >= 4 is 23.4 Å². The molecule has 0 spiro atoms. The Kier molecular flexibility index (Phi) is 6.22. The van der Waals surface area contributed by atoms with Crippen molar-refractivity contribution in [1.29, 1.82) is 0 Å². The Morgan fingerprint density at radius 3 is 2.93 bits per heavy atom. The van der Waals surface area contributed by atoms with Crippen molar-refractivity contribution in [3.05, 3.63) is 71.2 Å². The van der Waals surface area contributed by atoms with Gasteiger partial charge in [-0.05, 0) is 12.1 Å². The lowest BCUT2D eigenvalue weighted by atomic mass is 10.2. The highest BCUT2D eigenvalue weighted by molar-refractivity contribution is 7.99. The normalized spacial score (nSPS) is 10.6. The van der Waals surface area contributed by atoms with Crippen LogP contribution in [0.1, 0.15) is 5.76 Å². The molecule has 0 aliphatic carbocycles. The van der Waals surface area contributed by atoms with Crippen LogP contribution in [0.2, 0.25) is 0 Å². The van der Waals surface area contributed by atoms with Gasteiger partial charge in [0.2, 0.25) is 5.91 Å². The van der Waals surface area contributed by atoms with Crippen LogP contribution in [0.25, 0.3) is 11.4 Å². The molecule has 3 rings (SSSR count). The number of nitro groups is 1. The summed E-state index contributed by atoms with van der Waals surface area (Å²) < 4.78 is 6.93. The minimum absolute atomic E-state index is 0.0304. The summed E-state index contributed by atoms with van der Waals surface area (Å²) in [4.78, 5) is 22.6. The second kappa shape index (κ2) is 9.00. The van der Waals surface area contributed by atoms with E-state index in [1.165, 1.54) is 23.9 Å². The van der Waals surface area contributed by atoms with E-state index in [4.69, 9.17) is 4.42 Å². The smallest absolute Gasteiger partial charge is 0.270 e. The van der Waals surface area contributed by atoms with Crippen molar-refractivity contribution in [2.75, 3.05) is 5.75 Å². The van der Waals surface area contributed by atoms with Crippen LogP contribution < -0.4 is 5.32 Å². The Bertz CT molecular complexity index is 984. The molecule has 9 nitrogen and oxygen atoms in total. The lowest BCUT2D eigenvalue weighted by Gasteiger charge is -2.08. The van der Waals surface area contributed by atoms with Gasteiger partial charge in [-0.1, -0.05) is 30.0 Å². The van der Waals surface area contributed by atoms with E-state index in [-0.39, 0.29) is 17.3 Å². The standard InChI is InChI=1S/C18H17N5O4S/c1-2-8-22-17(13-5-3-6-14(10-13)23(25)26)20-21-18(22)28-12-16(24)19-11-15-7-4-9-27-15/h2-7,9-10H,1,8,11-12H2,(H,19,24). The summed E-state index contributed by atoms with van der Waals surface area (Å²) in [6, 6.07) is 9.70. The number of amides is 1. The average Bonchev–Trinajstić information content (AvgIpc) is 3.35. The summed E-state index contributed by atoms with van der Waals surface area (Å²) in [5, 5.41) is 22.6. The molecule has 0 radical (unpaired) electrons. The monoisotopic (exact) mass is 399 g/mol. The zero-order chi connectivity index (χ0) is 19.9. The van der Waals surface area contributed by atoms with E-state index >= 15 is 0 Å². The summed E-state index contributed by atoms with van der Waals surface area (Å²) in [7, 11) is 0. The van der Waals surface area contributed by atoms with Gasteiger partial charge in [-0.25, -0.2) is 0 Å². The first kappa shape index (κ1) is 19.4. The molecule has 2 aromatic heterocycles. The fourth-order valence-corrected chi connectivity index (χ4v) is 3.22. The van der Waals surface area contributed by atoms with Gasteiger partial charge in [-0.3, -0.25) is 19.5 Å². The number of furan rings is 1. The van der Waals surface area contributed by atoms with Gasteiger partial charge in [0.05, 0.1) is 23.5 Å². The molecule has 3 aromatic rings. The number of hydrogen-bond acceptors (Lipinski definition) is 7. The maximum atomic E-state index is 12.1. The first-order valence-corrected chi connectivity index (χ1v) is 9.28. The first-order valence-electron chi connectivity index (χ1n) is 8.29. The Balaban J connectivity index is 1.71. The zero-order valence-electron chi connectivity index (χ0n) is 14.8. The Hall–Kier alpha value is -3.40. The molecule has 0 fully saturated rings. The number of carbonyl (C=O) groups is 1. The van der Waals surface area contributed by atoms with E-state index in [2.05, 4.69) is 22.1 Å². The number of thioether (sulfide) groups is 1. The first-order chi connectivity index (χ1) is 13.6. The van der Waals surface area contributed by atoms with Crippen molar-refractivity contribution in [1.82, 2.24) is 20.1 Å². The summed E-state index contributed by atoms with van der Waals surface area (Å²) in [6.07, 6.45) is 3.22. The number of nitrogens with zero attached hydrogens (tertiary/aromatic N) is 4. The van der Waals surface area contributed by atoms with E-state index < -0.39 is 4.92 Å². The lowest BCUT2D eigenvalue weighted by Crippen LogP contribution is -2.24. The van der Waals surface area contributed by atoms with Gasteiger partial charge in [0, 0.05) is 24.2 Å². The fraction of sp³-hybridized carbons (Fsp3) is 0.167. The third-order valence-electron chi connectivity index (χ3n) is 3.72. The number of non-ortho nitro benzene ring substituents is 1. The molecule has 0 aliphatic rings. The van der Waals surface area contributed by atoms with Crippen molar-refractivity contribution in [3.63, 3.8) is 0 Å². The molecule has 0 atom stereocenters. The van der Waals surface area contributed by atoms with E-state index in [1.807, 2.05) is 0 Å². The van der Waals surface area contributed by atoms with Gasteiger partial charge in [0.25, 0.3) is 5.69 Å². The number of nitrogens with one attached hydrogen (secondary N) is 1. The molecule has 0 unspecified atom stereocenters. The molecule has 0 aliphatic heterocycles. The molecule has 1 aromatic carbocycles. The third-order valence-corrected chi connectivity index (χ3v) is 4.68. The quantitative estimate of drug-likeness (QED) is 0.254. The predicted molar refractivity (Wildman–Crippen MR) is 104 cm³/mol. The average molecular weight is 399 g/mol. The van der Waals surface area contributed by atoms with Crippen molar-refractivity contribution in [2.24, 2.45) is 0 Å². The minimum Gasteiger partial charge on any atom is -0.467 e. The molecule has 0 saturated carbocycles. The summed E-state index contributed by atoms with van der Waals surface area (Å²) in [6.45, 7) is 4.44. The van der Waals surface area contributed by atoms with Crippen LogP contribution in [0.4, 0.5) is 5.69 Å². The SMILES string of the molecule is C=CCn1c(SCC(=O)NCc2ccco2)nnc1-c1cccc([N+](=O)[O-])c1. The lowest BCUT2D eigenvalue weighted by molar-refractivity contribution is -0.384. The maximum Gasteiger partial charge on any atom is 0.270 e. The Morgan fingerprint density at radius 1 is 1.36 bits per heavy atom. The molecule has 0 bridgehead atoms. The summed E-state index contributed by atoms with van der Waals surface area (Å²) in [5.41, 5.74) is 0.537. The Labute approximate surface area is 164 Å². The molecule has 10 heteroatoms. The van der Waals surface area contributed by atoms with Crippen LogP contribution in [0.15, 0.2) is 64.9 Å². The van der Waals surface area contributed by atoms with Gasteiger partial charge >= 0.3 is 0 Å². The number of benzene rings is 1. The second-order valence-electron chi connectivity index (χ2n) is 5.66. The van der Waals surface area contributed by atoms with Crippen LogP contribution >= 0.6 is 11.8 Å². The number of carbonyl (C=O) groups excluding carboxylic acids is 1. The molecule has 0 saturated heterocycles. The van der Waals surface area contributed by atoms with Crippen LogP contribution in [-0.2, 0) is 17.9 Å². The van der Waals surface area contributed by atoms with Gasteiger partial charge in [0.15, 0.2) is 11.0 Å². The van der Waals surface area contributed by atoms with Gasteiger partial charge in [-0.2, -0.15) is 0 Å². The van der Waals surface area contributed by atoms with E-state index in [0.717, 1.165) is 0 Å². The zero-order valence-corrected chi connectivity index (χ0v) is 15.6. The van der Waals surface area contributed by atoms with Crippen LogP contribution in [0.5, 0.6) is 0 Å². The summed E-state index contributed by atoms with van der Waals surface area (Å²) in [5.74, 6) is 1.11. The molecule has 144 valence electrons. The second-order valence-corrected chi connectivity index (χ2v) is 6.60. The van der Waals surface area contributed by atoms with E-state index in [1.54, 1.807) is 41.2 Å². The number of allylic oxidation sites excluding steroid dienone is 1. The third kappa shape index (κ3) is 4.65. The topological polar surface area (TPSA) is 116 Å². The number of rotatable bonds is 9. The molecule has 1 N–H and O–H groups in total. The fourth-order valence-electron chi connectivity index (χ4n) is 2.44. The highest BCUT2D eigenvalue weighted by Crippen LogP contribution is 2.26. The maximum absolute atomic E-state index is 12.1. The van der Waals surface area contributed by atoms with Crippen molar-refractivity contribution in [2.45, 2.75) is 18.2 Å². The van der Waals surface area contributed by atoms with Crippen molar-refractivity contribution < 1.29 is 14.1 Å². The predicted octanol–water partition coefficient (Wildman–Crippen LogP) is 3.04. The van der Waals surface area contributed by atoms with E-state index in [0.29, 0.717) is 35.4 Å². The minimum atomic E-state index is -0.462. The van der Waals surface area contributed by atoms with Crippen molar-refractivity contribution in [3.8, 4) is 11.4 Å². The van der Waals surface area contributed by atoms with Gasteiger partial charge < -0.3 is 9.73 Å². The number of aromatic nitrogens is 3. The molecule has 2 heterocycles. The molecular formula is C18H17N5O4S. The summed E-state index contributed by atoms with van der Waals surface area (Å²) >= 11 is 1.22. The van der Waals surface area contributed by atoms with Gasteiger partial charge in [0.1, 0.15) is 5.76 Å². The Morgan fingerprint density at radius 2 is 2.21 bits per heavy atom.